The smallest absolute Gasteiger partial charge is 0.0847 e. The van der Waals surface area contributed by atoms with Gasteiger partial charge in [-0.05, 0) is 18.5 Å². The van der Waals surface area contributed by atoms with Gasteiger partial charge in [0.1, 0.15) is 0 Å². The lowest BCUT2D eigenvalue weighted by molar-refractivity contribution is 0.536. The van der Waals surface area contributed by atoms with Crippen molar-refractivity contribution in [2.45, 2.75) is 19.4 Å². The summed E-state index contributed by atoms with van der Waals surface area (Å²) < 4.78 is 5.60. The largest absolute Gasteiger partial charge is 0.271 e. The molecule has 17 heavy (non-hydrogen) atoms. The Morgan fingerprint density at radius 2 is 2.41 bits per heavy atom. The van der Waals surface area contributed by atoms with Gasteiger partial charge >= 0.3 is 0 Å². The number of hydrazine groups is 1. The van der Waals surface area contributed by atoms with E-state index in [-0.39, 0.29) is 6.04 Å². The summed E-state index contributed by atoms with van der Waals surface area (Å²) in [4.78, 5) is 0.974. The van der Waals surface area contributed by atoms with Crippen molar-refractivity contribution >= 4 is 23.1 Å². The maximum Gasteiger partial charge on any atom is 0.0847 e. The van der Waals surface area contributed by atoms with Gasteiger partial charge in [-0.3, -0.25) is 16.0 Å². The molecular formula is C9H13ClN6S. The van der Waals surface area contributed by atoms with E-state index < -0.39 is 0 Å². The van der Waals surface area contributed by atoms with Crippen molar-refractivity contribution in [1.82, 2.24) is 24.8 Å². The van der Waals surface area contributed by atoms with Gasteiger partial charge in [0.25, 0.3) is 0 Å². The molecule has 6 nitrogen and oxygen atoms in total. The standard InChI is InChI=1S/C9H13ClN6S/c1-5-9(10)7(16(2)14-5)3-6(13-11)8-4-12-15-17-8/h4,6,13H,3,11H2,1-2H3. The Morgan fingerprint density at radius 1 is 1.65 bits per heavy atom. The van der Waals surface area contributed by atoms with E-state index in [0.717, 1.165) is 16.3 Å². The maximum atomic E-state index is 6.20. The third kappa shape index (κ3) is 2.47. The molecule has 2 heterocycles. The zero-order valence-electron chi connectivity index (χ0n) is 9.51. The maximum absolute atomic E-state index is 6.20. The van der Waals surface area contributed by atoms with Crippen molar-refractivity contribution in [1.29, 1.82) is 0 Å². The molecule has 2 rings (SSSR count). The second kappa shape index (κ2) is 5.09. The minimum Gasteiger partial charge on any atom is -0.271 e. The fourth-order valence-electron chi connectivity index (χ4n) is 1.67. The second-order valence-corrected chi connectivity index (χ2v) is 4.91. The number of hydrogen-bond donors (Lipinski definition) is 2. The molecule has 0 fully saturated rings. The van der Waals surface area contributed by atoms with Crippen molar-refractivity contribution in [2.75, 3.05) is 0 Å². The number of hydrogen-bond acceptors (Lipinski definition) is 6. The van der Waals surface area contributed by atoms with Crippen LogP contribution in [0.2, 0.25) is 5.02 Å². The van der Waals surface area contributed by atoms with Crippen molar-refractivity contribution in [3.05, 3.63) is 27.5 Å². The summed E-state index contributed by atoms with van der Waals surface area (Å²) in [6.45, 7) is 1.88. The summed E-state index contributed by atoms with van der Waals surface area (Å²) in [6.07, 6.45) is 2.35. The molecule has 0 aliphatic rings. The predicted octanol–water partition coefficient (Wildman–Crippen LogP) is 0.981. The summed E-state index contributed by atoms with van der Waals surface area (Å²) in [5.41, 5.74) is 4.51. The van der Waals surface area contributed by atoms with Crippen LogP contribution in [0.25, 0.3) is 0 Å². The quantitative estimate of drug-likeness (QED) is 0.641. The van der Waals surface area contributed by atoms with Crippen LogP contribution in [0, 0.1) is 6.92 Å². The Kier molecular flexibility index (Phi) is 3.72. The highest BCUT2D eigenvalue weighted by Crippen LogP contribution is 2.25. The monoisotopic (exact) mass is 272 g/mol. The van der Waals surface area contributed by atoms with Gasteiger partial charge in [0.15, 0.2) is 0 Å². The van der Waals surface area contributed by atoms with Crippen LogP contribution < -0.4 is 11.3 Å². The first-order valence-corrected chi connectivity index (χ1v) is 6.20. The molecule has 0 amide bonds. The van der Waals surface area contributed by atoms with Gasteiger partial charge in [0, 0.05) is 13.5 Å². The van der Waals surface area contributed by atoms with Crippen LogP contribution in [0.1, 0.15) is 22.3 Å². The Morgan fingerprint density at radius 3 is 2.88 bits per heavy atom. The van der Waals surface area contributed by atoms with Gasteiger partial charge in [-0.15, -0.1) is 5.10 Å². The minimum atomic E-state index is -0.0534. The first-order chi connectivity index (χ1) is 8.13. The molecule has 0 aliphatic heterocycles. The molecule has 2 aromatic heterocycles. The van der Waals surface area contributed by atoms with Gasteiger partial charge < -0.3 is 0 Å². The molecule has 2 aromatic rings. The highest BCUT2D eigenvalue weighted by Gasteiger charge is 2.19. The zero-order chi connectivity index (χ0) is 12.4. The molecule has 8 heteroatoms. The predicted molar refractivity (Wildman–Crippen MR) is 66.6 cm³/mol. The third-order valence-corrected chi connectivity index (χ3v) is 3.85. The van der Waals surface area contributed by atoms with Gasteiger partial charge in [-0.2, -0.15) is 5.10 Å². The van der Waals surface area contributed by atoms with E-state index in [0.29, 0.717) is 11.4 Å². The van der Waals surface area contributed by atoms with Gasteiger partial charge in [0.05, 0.1) is 33.5 Å². The summed E-state index contributed by atoms with van der Waals surface area (Å²) >= 11 is 7.51. The molecule has 1 atom stereocenters. The summed E-state index contributed by atoms with van der Waals surface area (Å²) in [6, 6.07) is -0.0534. The van der Waals surface area contributed by atoms with Gasteiger partial charge in [-0.1, -0.05) is 16.1 Å². The van der Waals surface area contributed by atoms with Crippen LogP contribution in [0.3, 0.4) is 0 Å². The highest BCUT2D eigenvalue weighted by atomic mass is 35.5. The normalized spacial score (nSPS) is 12.9. The van der Waals surface area contributed by atoms with Crippen LogP contribution >= 0.6 is 23.1 Å². The van der Waals surface area contributed by atoms with Crippen LogP contribution in [0.15, 0.2) is 6.20 Å². The van der Waals surface area contributed by atoms with Crippen LogP contribution in [-0.2, 0) is 13.5 Å². The Labute approximate surface area is 108 Å². The molecule has 92 valence electrons. The number of rotatable bonds is 4. The van der Waals surface area contributed by atoms with E-state index in [1.807, 2.05) is 14.0 Å². The molecule has 0 aliphatic carbocycles. The molecular weight excluding hydrogens is 260 g/mol. The van der Waals surface area contributed by atoms with Crippen LogP contribution in [-0.4, -0.2) is 19.4 Å². The number of nitrogens with two attached hydrogens (primary N) is 1. The fourth-order valence-corrected chi connectivity index (χ4v) is 2.46. The van der Waals surface area contributed by atoms with Crippen molar-refractivity contribution in [3.8, 4) is 0 Å². The number of aryl methyl sites for hydroxylation is 2. The van der Waals surface area contributed by atoms with E-state index in [4.69, 9.17) is 17.4 Å². The lowest BCUT2D eigenvalue weighted by atomic mass is 10.1. The summed E-state index contributed by atoms with van der Waals surface area (Å²) in [5, 5.41) is 8.75. The van der Waals surface area contributed by atoms with Crippen molar-refractivity contribution in [2.24, 2.45) is 12.9 Å². The topological polar surface area (TPSA) is 81.7 Å². The molecule has 0 aromatic carbocycles. The number of nitrogens with zero attached hydrogens (tertiary/aromatic N) is 4. The van der Waals surface area contributed by atoms with Gasteiger partial charge in [0.2, 0.25) is 0 Å². The van der Waals surface area contributed by atoms with Crippen molar-refractivity contribution < 1.29 is 0 Å². The molecule has 1 unspecified atom stereocenters. The first kappa shape index (κ1) is 12.4. The molecule has 0 radical (unpaired) electrons. The van der Waals surface area contributed by atoms with E-state index in [1.165, 1.54) is 11.5 Å². The van der Waals surface area contributed by atoms with E-state index >= 15 is 0 Å². The van der Waals surface area contributed by atoms with E-state index in [2.05, 4.69) is 20.1 Å². The number of aromatic nitrogens is 4. The number of nitrogens with one attached hydrogen (secondary N) is 1. The third-order valence-electron chi connectivity index (χ3n) is 2.58. The minimum absolute atomic E-state index is 0.0534. The summed E-state index contributed by atoms with van der Waals surface area (Å²) in [7, 11) is 1.87. The molecule has 0 saturated carbocycles. The van der Waals surface area contributed by atoms with Crippen LogP contribution in [0.4, 0.5) is 0 Å². The Balaban J connectivity index is 2.24. The zero-order valence-corrected chi connectivity index (χ0v) is 11.1. The first-order valence-electron chi connectivity index (χ1n) is 5.04. The molecule has 0 bridgehead atoms. The Hall–Kier alpha value is -1.02. The Bertz CT molecular complexity index is 494. The van der Waals surface area contributed by atoms with Gasteiger partial charge in [-0.25, -0.2) is 0 Å². The molecule has 3 N–H and O–H groups in total. The van der Waals surface area contributed by atoms with E-state index in [9.17, 15) is 0 Å². The van der Waals surface area contributed by atoms with Crippen molar-refractivity contribution in [3.63, 3.8) is 0 Å². The fraction of sp³-hybridized carbons (Fsp3) is 0.444. The molecule has 0 spiro atoms. The van der Waals surface area contributed by atoms with Crippen LogP contribution in [0.5, 0.6) is 0 Å². The average Bonchev–Trinajstić information content (AvgIpc) is 2.89. The lowest BCUT2D eigenvalue weighted by Gasteiger charge is -2.13. The second-order valence-electron chi connectivity index (χ2n) is 3.71. The lowest BCUT2D eigenvalue weighted by Crippen LogP contribution is -2.29. The summed E-state index contributed by atoms with van der Waals surface area (Å²) in [5.74, 6) is 5.55. The number of halogens is 1. The highest BCUT2D eigenvalue weighted by molar-refractivity contribution is 7.05. The molecule has 0 saturated heterocycles. The average molecular weight is 273 g/mol. The SMILES string of the molecule is Cc1nn(C)c(CC(NN)c2cnns2)c1Cl. The van der Waals surface area contributed by atoms with E-state index in [1.54, 1.807) is 10.9 Å².